The third-order valence-corrected chi connectivity index (χ3v) is 8.77. The van der Waals surface area contributed by atoms with Crippen molar-refractivity contribution in [3.05, 3.63) is 41.7 Å². The number of carbonyl (C=O) groups excluding carboxylic acids is 1. The normalized spacial score (nSPS) is 20.4. The van der Waals surface area contributed by atoms with Crippen LogP contribution in [0.4, 0.5) is 11.5 Å². The number of rotatable bonds is 7. The lowest BCUT2D eigenvalue weighted by molar-refractivity contribution is 0.0773. The van der Waals surface area contributed by atoms with Gasteiger partial charge in [-0.05, 0) is 51.3 Å². The van der Waals surface area contributed by atoms with Crippen LogP contribution in [0.2, 0.25) is 0 Å². The molecular formula is C31H38N6O4. The number of hydrogen-bond acceptors (Lipinski definition) is 9. The minimum absolute atomic E-state index is 0.0523. The third kappa shape index (κ3) is 5.05. The summed E-state index contributed by atoms with van der Waals surface area (Å²) in [7, 11) is 3.27. The molecule has 10 heteroatoms. The Morgan fingerprint density at radius 3 is 2.44 bits per heavy atom. The number of fused-ring (bicyclic) bond motifs is 3. The van der Waals surface area contributed by atoms with Gasteiger partial charge in [-0.2, -0.15) is 0 Å². The number of aliphatic imine (C=N–C) groups is 1. The van der Waals surface area contributed by atoms with Gasteiger partial charge in [-0.25, -0.2) is 9.97 Å². The minimum atomic E-state index is -0.0523. The Bertz CT molecular complexity index is 1490. The van der Waals surface area contributed by atoms with Crippen molar-refractivity contribution >= 4 is 34.5 Å². The summed E-state index contributed by atoms with van der Waals surface area (Å²) < 4.78 is 17.5. The van der Waals surface area contributed by atoms with E-state index in [-0.39, 0.29) is 24.1 Å². The van der Waals surface area contributed by atoms with Crippen molar-refractivity contribution in [1.82, 2.24) is 19.8 Å². The van der Waals surface area contributed by atoms with Gasteiger partial charge in [0.05, 0.1) is 37.0 Å². The molecule has 0 spiro atoms. The molecule has 1 amide bonds. The summed E-state index contributed by atoms with van der Waals surface area (Å²) in [5.41, 5.74) is 3.15. The van der Waals surface area contributed by atoms with Gasteiger partial charge in [0.1, 0.15) is 24.0 Å². The van der Waals surface area contributed by atoms with Crippen LogP contribution in [0.1, 0.15) is 42.6 Å². The van der Waals surface area contributed by atoms with Crippen LogP contribution in [0, 0.1) is 6.92 Å². The highest BCUT2D eigenvalue weighted by Gasteiger charge is 2.33. The first-order chi connectivity index (χ1) is 19.9. The lowest BCUT2D eigenvalue weighted by atomic mass is 10.1. The maximum atomic E-state index is 13.2. The molecule has 2 aromatic carbocycles. The highest BCUT2D eigenvalue weighted by atomic mass is 16.5. The molecule has 1 aromatic heterocycles. The van der Waals surface area contributed by atoms with Gasteiger partial charge in [-0.1, -0.05) is 0 Å². The predicted octanol–water partition coefficient (Wildman–Crippen LogP) is 4.25. The van der Waals surface area contributed by atoms with Crippen molar-refractivity contribution in [3.8, 4) is 17.2 Å². The molecule has 3 aliphatic heterocycles. The molecule has 3 aliphatic rings. The highest BCUT2D eigenvalue weighted by Crippen LogP contribution is 2.36. The predicted molar refractivity (Wildman–Crippen MR) is 159 cm³/mol. The van der Waals surface area contributed by atoms with Gasteiger partial charge in [-0.15, -0.1) is 0 Å². The lowest BCUT2D eigenvalue weighted by Crippen LogP contribution is -2.53. The highest BCUT2D eigenvalue weighted by molar-refractivity contribution is 6.03. The SMILES string of the molecule is COc1cc2ncnc(N3CCN(C(C)C(C)Oc4cc5c(cc4C)C(=O)N4CCC[C@H]4C=N5)CC3)c2cc1OC. The van der Waals surface area contributed by atoms with Crippen molar-refractivity contribution in [2.75, 3.05) is 51.8 Å². The summed E-state index contributed by atoms with van der Waals surface area (Å²) in [6.07, 6.45) is 5.49. The van der Waals surface area contributed by atoms with Gasteiger partial charge in [0.25, 0.3) is 5.91 Å². The van der Waals surface area contributed by atoms with E-state index >= 15 is 0 Å². The average molecular weight is 559 g/mol. The maximum absolute atomic E-state index is 13.2. The molecule has 2 fully saturated rings. The number of piperazine rings is 1. The molecule has 6 rings (SSSR count). The fourth-order valence-electron chi connectivity index (χ4n) is 6.16. The van der Waals surface area contributed by atoms with Gasteiger partial charge < -0.3 is 24.0 Å². The Balaban J connectivity index is 1.13. The van der Waals surface area contributed by atoms with Crippen LogP contribution < -0.4 is 19.1 Å². The lowest BCUT2D eigenvalue weighted by Gasteiger charge is -2.40. The summed E-state index contributed by atoms with van der Waals surface area (Å²) in [4.78, 5) is 33.6. The minimum Gasteiger partial charge on any atom is -0.493 e. The van der Waals surface area contributed by atoms with Crippen LogP contribution in [0.3, 0.4) is 0 Å². The van der Waals surface area contributed by atoms with Crippen LogP contribution in [-0.4, -0.2) is 97.0 Å². The molecule has 0 radical (unpaired) electrons. The van der Waals surface area contributed by atoms with E-state index in [0.29, 0.717) is 22.7 Å². The van der Waals surface area contributed by atoms with Crippen LogP contribution in [0.5, 0.6) is 17.2 Å². The van der Waals surface area contributed by atoms with Gasteiger partial charge in [-0.3, -0.25) is 14.7 Å². The molecular weight excluding hydrogens is 520 g/mol. The molecule has 0 bridgehead atoms. The second-order valence-electron chi connectivity index (χ2n) is 11.1. The second-order valence-corrected chi connectivity index (χ2v) is 11.1. The summed E-state index contributed by atoms with van der Waals surface area (Å²) in [5.74, 6) is 3.08. The molecule has 0 N–H and O–H groups in total. The fraction of sp³-hybridized carbons (Fsp3) is 0.484. The number of amides is 1. The zero-order valence-electron chi connectivity index (χ0n) is 24.5. The molecule has 0 saturated carbocycles. The molecule has 2 saturated heterocycles. The number of ether oxygens (including phenoxy) is 3. The van der Waals surface area contributed by atoms with Gasteiger partial charge >= 0.3 is 0 Å². The zero-order valence-corrected chi connectivity index (χ0v) is 24.5. The van der Waals surface area contributed by atoms with Gasteiger partial charge in [0.2, 0.25) is 0 Å². The molecule has 3 atom stereocenters. The van der Waals surface area contributed by atoms with Crippen LogP contribution in [0.15, 0.2) is 35.6 Å². The molecule has 216 valence electrons. The number of benzene rings is 2. The molecule has 41 heavy (non-hydrogen) atoms. The van der Waals surface area contributed by atoms with Crippen molar-refractivity contribution in [2.45, 2.75) is 51.8 Å². The van der Waals surface area contributed by atoms with E-state index < -0.39 is 0 Å². The summed E-state index contributed by atoms with van der Waals surface area (Å²) >= 11 is 0. The summed E-state index contributed by atoms with van der Waals surface area (Å²) in [5, 5.41) is 0.948. The first kappa shape index (κ1) is 27.3. The fourth-order valence-corrected chi connectivity index (χ4v) is 6.16. The molecule has 0 aliphatic carbocycles. The summed E-state index contributed by atoms with van der Waals surface area (Å²) in [6, 6.07) is 8.02. The second kappa shape index (κ2) is 11.2. The first-order valence-corrected chi connectivity index (χ1v) is 14.4. The number of nitrogens with zero attached hydrogens (tertiary/aromatic N) is 6. The van der Waals surface area contributed by atoms with Crippen molar-refractivity contribution in [1.29, 1.82) is 0 Å². The topological polar surface area (TPSA) is 92.6 Å². The number of aryl methyl sites for hydroxylation is 1. The van der Waals surface area contributed by atoms with Gasteiger partial charge in [0.15, 0.2) is 11.5 Å². The van der Waals surface area contributed by atoms with Crippen molar-refractivity contribution < 1.29 is 19.0 Å². The van der Waals surface area contributed by atoms with E-state index in [9.17, 15) is 4.79 Å². The zero-order chi connectivity index (χ0) is 28.7. The average Bonchev–Trinajstić information content (AvgIpc) is 3.43. The van der Waals surface area contributed by atoms with E-state index in [1.165, 1.54) is 0 Å². The molecule has 2 unspecified atom stereocenters. The smallest absolute Gasteiger partial charge is 0.256 e. The molecule has 3 aromatic rings. The Morgan fingerprint density at radius 2 is 1.68 bits per heavy atom. The van der Waals surface area contributed by atoms with E-state index in [4.69, 9.17) is 19.2 Å². The number of aromatic nitrogens is 2. The number of anilines is 1. The Kier molecular flexibility index (Phi) is 7.42. The van der Waals surface area contributed by atoms with Crippen LogP contribution in [0.25, 0.3) is 10.9 Å². The van der Waals surface area contributed by atoms with Crippen LogP contribution >= 0.6 is 0 Å². The summed E-state index contributed by atoms with van der Waals surface area (Å²) in [6.45, 7) is 10.6. The van der Waals surface area contributed by atoms with E-state index in [1.807, 2.05) is 42.3 Å². The number of methoxy groups -OCH3 is 2. The standard InChI is InChI=1S/C31H38N6O4/c1-19-13-24-26(32-17-22-7-6-8-37(22)31(24)38)15-27(19)41-21(3)20(2)35-9-11-36(12-10-35)30-23-14-28(39-4)29(40-5)16-25(23)33-18-34-30/h13-18,20-22H,6-12H2,1-5H3/t20?,21?,22-/m0/s1. The van der Waals surface area contributed by atoms with Crippen molar-refractivity contribution in [2.24, 2.45) is 4.99 Å². The Labute approximate surface area is 240 Å². The molecule has 10 nitrogen and oxygen atoms in total. The van der Waals surface area contributed by atoms with E-state index in [1.54, 1.807) is 20.5 Å². The number of carbonyl (C=O) groups is 1. The van der Waals surface area contributed by atoms with Crippen LogP contribution in [-0.2, 0) is 0 Å². The Hall–Kier alpha value is -3.92. The van der Waals surface area contributed by atoms with E-state index in [0.717, 1.165) is 73.6 Å². The number of hydrogen-bond donors (Lipinski definition) is 0. The monoisotopic (exact) mass is 558 g/mol. The van der Waals surface area contributed by atoms with Gasteiger partial charge in [0, 0.05) is 62.5 Å². The third-order valence-electron chi connectivity index (χ3n) is 8.77. The maximum Gasteiger partial charge on any atom is 0.256 e. The Morgan fingerprint density at radius 1 is 0.927 bits per heavy atom. The van der Waals surface area contributed by atoms with E-state index in [2.05, 4.69) is 33.6 Å². The van der Waals surface area contributed by atoms with Crippen molar-refractivity contribution in [3.63, 3.8) is 0 Å². The molecule has 4 heterocycles. The quantitative estimate of drug-likeness (QED) is 0.425. The first-order valence-electron chi connectivity index (χ1n) is 14.4. The largest absolute Gasteiger partial charge is 0.493 e.